The summed E-state index contributed by atoms with van der Waals surface area (Å²) in [6.45, 7) is 3.94. The van der Waals surface area contributed by atoms with Crippen LogP contribution in [0.25, 0.3) is 0 Å². The third-order valence-electron chi connectivity index (χ3n) is 5.05. The summed E-state index contributed by atoms with van der Waals surface area (Å²) in [5.41, 5.74) is 0.498. The van der Waals surface area contributed by atoms with Crippen LogP contribution in [0.2, 0.25) is 10.0 Å². The molecule has 2 amide bonds. The van der Waals surface area contributed by atoms with Crippen molar-refractivity contribution in [2.24, 2.45) is 5.92 Å². The predicted molar refractivity (Wildman–Crippen MR) is 96.7 cm³/mol. The van der Waals surface area contributed by atoms with Crippen molar-refractivity contribution in [3.05, 3.63) is 33.6 Å². The van der Waals surface area contributed by atoms with Gasteiger partial charge in [-0.1, -0.05) is 23.2 Å². The van der Waals surface area contributed by atoms with Gasteiger partial charge in [0.15, 0.2) is 0 Å². The summed E-state index contributed by atoms with van der Waals surface area (Å²) in [6.07, 6.45) is 0.845. The molecular formula is C18H21Cl2FN2O3. The van der Waals surface area contributed by atoms with Gasteiger partial charge in [-0.2, -0.15) is 0 Å². The van der Waals surface area contributed by atoms with Crippen LogP contribution < -0.4 is 0 Å². The number of likely N-dealkylation sites (tertiary alicyclic amines) is 1. The highest BCUT2D eigenvalue weighted by Crippen LogP contribution is 2.33. The Morgan fingerprint density at radius 1 is 1.12 bits per heavy atom. The van der Waals surface area contributed by atoms with Crippen LogP contribution in [0.1, 0.15) is 31.4 Å². The topological polar surface area (TPSA) is 49.9 Å². The van der Waals surface area contributed by atoms with E-state index in [9.17, 15) is 14.0 Å². The van der Waals surface area contributed by atoms with Gasteiger partial charge in [0.2, 0.25) is 11.8 Å². The first-order valence-corrected chi connectivity index (χ1v) is 9.42. The van der Waals surface area contributed by atoms with Crippen molar-refractivity contribution in [1.29, 1.82) is 0 Å². The van der Waals surface area contributed by atoms with Crippen molar-refractivity contribution in [1.82, 2.24) is 9.80 Å². The van der Waals surface area contributed by atoms with Crippen molar-refractivity contribution in [3.8, 4) is 0 Å². The summed E-state index contributed by atoms with van der Waals surface area (Å²) in [4.78, 5) is 27.8. The van der Waals surface area contributed by atoms with E-state index in [0.717, 1.165) is 0 Å². The molecular weight excluding hydrogens is 382 g/mol. The Hall–Kier alpha value is -1.37. The molecule has 142 valence electrons. The van der Waals surface area contributed by atoms with Crippen LogP contribution in [0.5, 0.6) is 0 Å². The molecule has 0 spiro atoms. The number of rotatable bonds is 2. The third-order valence-corrected chi connectivity index (χ3v) is 5.67. The van der Waals surface area contributed by atoms with E-state index in [1.807, 2.05) is 0 Å². The summed E-state index contributed by atoms with van der Waals surface area (Å²) in [5, 5.41) is 0.283. The number of carbonyl (C=O) groups is 2. The first-order valence-electron chi connectivity index (χ1n) is 8.67. The van der Waals surface area contributed by atoms with E-state index in [2.05, 4.69) is 0 Å². The molecule has 1 atom stereocenters. The number of amides is 2. The van der Waals surface area contributed by atoms with E-state index in [4.69, 9.17) is 27.9 Å². The van der Waals surface area contributed by atoms with E-state index in [1.54, 1.807) is 16.7 Å². The Kier molecular flexibility index (Phi) is 6.05. The van der Waals surface area contributed by atoms with Gasteiger partial charge >= 0.3 is 0 Å². The second-order valence-electron chi connectivity index (χ2n) is 6.71. The molecule has 0 bridgehead atoms. The average molecular weight is 403 g/mol. The zero-order chi connectivity index (χ0) is 18.8. The van der Waals surface area contributed by atoms with Crippen LogP contribution in [0, 0.1) is 11.7 Å². The highest BCUT2D eigenvalue weighted by atomic mass is 35.5. The van der Waals surface area contributed by atoms with Gasteiger partial charge in [-0.05, 0) is 25.0 Å². The molecule has 0 aromatic heterocycles. The average Bonchev–Trinajstić information content (AvgIpc) is 2.64. The van der Waals surface area contributed by atoms with Crippen LogP contribution in [-0.4, -0.2) is 54.4 Å². The highest BCUT2D eigenvalue weighted by molar-refractivity contribution is 6.35. The molecule has 26 heavy (non-hydrogen) atoms. The number of halogens is 3. The molecule has 2 aliphatic rings. The highest BCUT2D eigenvalue weighted by Gasteiger charge is 2.33. The number of piperidine rings is 1. The van der Waals surface area contributed by atoms with Crippen molar-refractivity contribution < 1.29 is 18.7 Å². The number of benzene rings is 1. The van der Waals surface area contributed by atoms with Gasteiger partial charge in [0, 0.05) is 43.1 Å². The Balaban J connectivity index is 1.66. The molecule has 2 fully saturated rings. The van der Waals surface area contributed by atoms with E-state index in [-0.39, 0.29) is 22.8 Å². The molecule has 1 aromatic rings. The molecule has 8 heteroatoms. The van der Waals surface area contributed by atoms with Gasteiger partial charge in [-0.15, -0.1) is 0 Å². The number of ether oxygens (including phenoxy) is 1. The van der Waals surface area contributed by atoms with Gasteiger partial charge in [0.25, 0.3) is 0 Å². The maximum Gasteiger partial charge on any atom is 0.225 e. The fourth-order valence-corrected chi connectivity index (χ4v) is 4.03. The lowest BCUT2D eigenvalue weighted by molar-refractivity contribution is -0.146. The second kappa shape index (κ2) is 8.11. The molecule has 3 rings (SSSR count). The minimum atomic E-state index is -0.560. The van der Waals surface area contributed by atoms with Crippen molar-refractivity contribution in [2.75, 3.05) is 32.8 Å². The monoisotopic (exact) mass is 402 g/mol. The lowest BCUT2D eigenvalue weighted by atomic mass is 9.94. The van der Waals surface area contributed by atoms with Crippen LogP contribution >= 0.6 is 23.2 Å². The first-order chi connectivity index (χ1) is 12.4. The minimum Gasteiger partial charge on any atom is -0.370 e. The minimum absolute atomic E-state index is 0.0419. The quantitative estimate of drug-likeness (QED) is 0.713. The molecule has 1 aromatic carbocycles. The fourth-order valence-electron chi connectivity index (χ4n) is 3.52. The molecule has 2 heterocycles. The number of hydrogen-bond acceptors (Lipinski definition) is 3. The zero-order valence-corrected chi connectivity index (χ0v) is 16.0. The summed E-state index contributed by atoms with van der Waals surface area (Å²) in [7, 11) is 0. The van der Waals surface area contributed by atoms with E-state index < -0.39 is 11.9 Å². The lowest BCUT2D eigenvalue weighted by Crippen LogP contribution is -2.48. The maximum absolute atomic E-state index is 13.8. The van der Waals surface area contributed by atoms with Crippen molar-refractivity contribution in [3.63, 3.8) is 0 Å². The van der Waals surface area contributed by atoms with Crippen LogP contribution in [0.4, 0.5) is 4.39 Å². The van der Waals surface area contributed by atoms with Gasteiger partial charge in [-0.3, -0.25) is 9.59 Å². The molecule has 1 unspecified atom stereocenters. The van der Waals surface area contributed by atoms with E-state index >= 15 is 0 Å². The molecule has 0 N–H and O–H groups in total. The maximum atomic E-state index is 13.8. The Bertz CT molecular complexity index is 708. The largest absolute Gasteiger partial charge is 0.370 e. The zero-order valence-electron chi connectivity index (χ0n) is 14.5. The standard InChI is InChI=1S/C18H21Cl2FN2O3/c1-11(24)22-4-2-12(3-5-22)18(25)23-6-7-26-17(10-23)13-8-16(21)15(20)9-14(13)19/h8-9,12,17H,2-7,10H2,1H3. The van der Waals surface area contributed by atoms with Crippen molar-refractivity contribution >= 4 is 35.0 Å². The molecule has 5 nitrogen and oxygen atoms in total. The van der Waals surface area contributed by atoms with E-state index in [0.29, 0.717) is 56.2 Å². The summed E-state index contributed by atoms with van der Waals surface area (Å²) in [5.74, 6) is -0.551. The van der Waals surface area contributed by atoms with Crippen LogP contribution in [-0.2, 0) is 14.3 Å². The normalized spacial score (nSPS) is 21.8. The molecule has 0 saturated carbocycles. The number of carbonyl (C=O) groups excluding carboxylic acids is 2. The van der Waals surface area contributed by atoms with Gasteiger partial charge < -0.3 is 14.5 Å². The van der Waals surface area contributed by atoms with Crippen LogP contribution in [0.3, 0.4) is 0 Å². The predicted octanol–water partition coefficient (Wildman–Crippen LogP) is 3.29. The molecule has 2 saturated heterocycles. The first kappa shape index (κ1) is 19.4. The summed E-state index contributed by atoms with van der Waals surface area (Å²) in [6, 6.07) is 2.63. The number of morpholine rings is 1. The number of nitrogens with zero attached hydrogens (tertiary/aromatic N) is 2. The van der Waals surface area contributed by atoms with Gasteiger partial charge in [0.05, 0.1) is 18.2 Å². The molecule has 2 aliphatic heterocycles. The SMILES string of the molecule is CC(=O)N1CCC(C(=O)N2CCOC(c3cc(F)c(Cl)cc3Cl)C2)CC1. The fraction of sp³-hybridized carbons (Fsp3) is 0.556. The smallest absolute Gasteiger partial charge is 0.225 e. The number of hydrogen-bond donors (Lipinski definition) is 0. The van der Waals surface area contributed by atoms with E-state index in [1.165, 1.54) is 12.1 Å². The Labute approximate surface area is 162 Å². The molecule has 0 aliphatic carbocycles. The lowest BCUT2D eigenvalue weighted by Gasteiger charge is -2.38. The van der Waals surface area contributed by atoms with Crippen LogP contribution in [0.15, 0.2) is 12.1 Å². The Morgan fingerprint density at radius 3 is 2.46 bits per heavy atom. The summed E-state index contributed by atoms with van der Waals surface area (Å²) >= 11 is 11.9. The Morgan fingerprint density at radius 2 is 1.81 bits per heavy atom. The molecule has 0 radical (unpaired) electrons. The van der Waals surface area contributed by atoms with Crippen molar-refractivity contribution in [2.45, 2.75) is 25.9 Å². The summed E-state index contributed by atoms with van der Waals surface area (Å²) < 4.78 is 19.5. The third kappa shape index (κ3) is 4.13. The van der Waals surface area contributed by atoms with Gasteiger partial charge in [-0.25, -0.2) is 4.39 Å². The second-order valence-corrected chi connectivity index (χ2v) is 7.53. The van der Waals surface area contributed by atoms with Gasteiger partial charge in [0.1, 0.15) is 11.9 Å².